The highest BCUT2D eigenvalue weighted by Gasteiger charge is 2.39. The van der Waals surface area contributed by atoms with Crippen LogP contribution in [0.25, 0.3) is 16.6 Å². The summed E-state index contributed by atoms with van der Waals surface area (Å²) >= 11 is 0. The first-order valence-electron chi connectivity index (χ1n) is 14.1. The number of carbonyl (C=O) groups is 1. The van der Waals surface area contributed by atoms with Crippen molar-refractivity contribution in [2.45, 2.75) is 51.6 Å². The molecule has 0 radical (unpaired) electrons. The van der Waals surface area contributed by atoms with Gasteiger partial charge >= 0.3 is 12.4 Å². The van der Waals surface area contributed by atoms with Crippen LogP contribution in [0.4, 0.5) is 26.3 Å². The van der Waals surface area contributed by atoms with Crippen molar-refractivity contribution in [3.8, 4) is 5.69 Å². The maximum atomic E-state index is 14.1. The molecule has 2 heterocycles. The number of alkyl halides is 6. The standard InChI is InChI=1S/C33H27F6N3O3/c1-3-20-11-13-24(14-12-20)42-29(40-27-10-6-5-9-26(27)31(42)44)28(4-2)41(19-25-8-7-15-45-25)30(43)21-16-22(32(34,35)36)18-23(17-21)33(37,38)39/h5-18,28H,3-4,19H2,1-2H3. The average molecular weight is 628 g/mol. The fourth-order valence-corrected chi connectivity index (χ4v) is 5.18. The summed E-state index contributed by atoms with van der Waals surface area (Å²) in [5, 5.41) is 0.285. The number of benzene rings is 3. The molecular formula is C33H27F6N3O3. The van der Waals surface area contributed by atoms with Crippen LogP contribution in [0.2, 0.25) is 0 Å². The maximum Gasteiger partial charge on any atom is 0.416 e. The van der Waals surface area contributed by atoms with Gasteiger partial charge in [-0.1, -0.05) is 38.1 Å². The van der Waals surface area contributed by atoms with E-state index in [-0.39, 0.29) is 36.0 Å². The number of para-hydroxylation sites is 1. The van der Waals surface area contributed by atoms with Crippen LogP contribution in [-0.2, 0) is 25.3 Å². The minimum Gasteiger partial charge on any atom is -0.467 e. The van der Waals surface area contributed by atoms with Crippen LogP contribution >= 0.6 is 0 Å². The van der Waals surface area contributed by atoms with E-state index in [0.29, 0.717) is 23.3 Å². The topological polar surface area (TPSA) is 68.3 Å². The van der Waals surface area contributed by atoms with Crippen LogP contribution in [0.1, 0.15) is 64.9 Å². The third-order valence-corrected chi connectivity index (χ3v) is 7.47. The fraction of sp³-hybridized carbons (Fsp3) is 0.242. The highest BCUT2D eigenvalue weighted by molar-refractivity contribution is 5.95. The van der Waals surface area contributed by atoms with Gasteiger partial charge < -0.3 is 9.32 Å². The lowest BCUT2D eigenvalue weighted by molar-refractivity contribution is -0.143. The number of rotatable bonds is 8. The van der Waals surface area contributed by atoms with E-state index in [4.69, 9.17) is 9.40 Å². The molecule has 0 N–H and O–H groups in total. The van der Waals surface area contributed by atoms with Crippen LogP contribution in [-0.4, -0.2) is 20.4 Å². The molecule has 3 aromatic carbocycles. The van der Waals surface area contributed by atoms with Crippen molar-refractivity contribution in [1.82, 2.24) is 14.5 Å². The van der Waals surface area contributed by atoms with Crippen LogP contribution in [0.5, 0.6) is 0 Å². The molecular weight excluding hydrogens is 600 g/mol. The zero-order chi connectivity index (χ0) is 32.5. The molecule has 0 bridgehead atoms. The average Bonchev–Trinajstić information content (AvgIpc) is 3.53. The van der Waals surface area contributed by atoms with Crippen LogP contribution in [0, 0.1) is 0 Å². The monoisotopic (exact) mass is 627 g/mol. The summed E-state index contributed by atoms with van der Waals surface area (Å²) in [5.41, 5.74) is -2.80. The largest absolute Gasteiger partial charge is 0.467 e. The molecule has 0 aliphatic carbocycles. The third-order valence-electron chi connectivity index (χ3n) is 7.47. The molecule has 0 aliphatic heterocycles. The molecule has 45 heavy (non-hydrogen) atoms. The van der Waals surface area contributed by atoms with E-state index >= 15 is 0 Å². The van der Waals surface area contributed by atoms with Gasteiger partial charge in [-0.3, -0.25) is 14.2 Å². The molecule has 6 nitrogen and oxygen atoms in total. The Morgan fingerprint density at radius 1 is 0.889 bits per heavy atom. The smallest absolute Gasteiger partial charge is 0.416 e. The first-order chi connectivity index (χ1) is 21.3. The molecule has 0 fully saturated rings. The van der Waals surface area contributed by atoms with Crippen molar-refractivity contribution < 1.29 is 35.6 Å². The minimum absolute atomic E-state index is 0.0343. The van der Waals surface area contributed by atoms with Gasteiger partial charge in [-0.25, -0.2) is 4.98 Å². The van der Waals surface area contributed by atoms with Gasteiger partial charge in [-0.15, -0.1) is 0 Å². The van der Waals surface area contributed by atoms with Gasteiger partial charge in [-0.2, -0.15) is 26.3 Å². The van der Waals surface area contributed by atoms with Gasteiger partial charge in [0, 0.05) is 5.56 Å². The Morgan fingerprint density at radius 2 is 1.53 bits per heavy atom. The summed E-state index contributed by atoms with van der Waals surface area (Å²) in [6.07, 6.45) is -8.16. The molecule has 0 aliphatic rings. The SMILES string of the molecule is CCc1ccc(-n2c(C(CC)N(Cc3ccco3)C(=O)c3cc(C(F)(F)F)cc(C(F)(F)F)c3)nc3ccccc3c2=O)cc1. The summed E-state index contributed by atoms with van der Waals surface area (Å²) in [7, 11) is 0. The number of fused-ring (bicyclic) bond motifs is 1. The van der Waals surface area contributed by atoms with Crippen molar-refractivity contribution in [1.29, 1.82) is 0 Å². The van der Waals surface area contributed by atoms with Gasteiger partial charge in [0.1, 0.15) is 11.6 Å². The normalized spacial score (nSPS) is 12.8. The number of halogens is 6. The zero-order valence-corrected chi connectivity index (χ0v) is 24.1. The highest BCUT2D eigenvalue weighted by Crippen LogP contribution is 2.38. The van der Waals surface area contributed by atoms with Crippen molar-refractivity contribution in [2.75, 3.05) is 0 Å². The van der Waals surface area contributed by atoms with Gasteiger partial charge in [0.05, 0.1) is 46.6 Å². The number of aryl methyl sites for hydroxylation is 1. The summed E-state index contributed by atoms with van der Waals surface area (Å²) in [6.45, 7) is 3.30. The minimum atomic E-state index is -5.16. The number of nitrogens with zero attached hydrogens (tertiary/aromatic N) is 3. The second kappa shape index (κ2) is 12.3. The van der Waals surface area contributed by atoms with Crippen LogP contribution < -0.4 is 5.56 Å². The van der Waals surface area contributed by atoms with Crippen LogP contribution in [0.3, 0.4) is 0 Å². The summed E-state index contributed by atoms with van der Waals surface area (Å²) < 4.78 is 89.1. The fourth-order valence-electron chi connectivity index (χ4n) is 5.18. The predicted octanol–water partition coefficient (Wildman–Crippen LogP) is 8.37. The molecule has 1 atom stereocenters. The first-order valence-corrected chi connectivity index (χ1v) is 14.1. The quantitative estimate of drug-likeness (QED) is 0.162. The molecule has 0 saturated carbocycles. The Kier molecular flexibility index (Phi) is 8.59. The predicted molar refractivity (Wildman–Crippen MR) is 155 cm³/mol. The van der Waals surface area contributed by atoms with E-state index in [0.717, 1.165) is 16.9 Å². The highest BCUT2D eigenvalue weighted by atomic mass is 19.4. The molecule has 2 aromatic heterocycles. The van der Waals surface area contributed by atoms with Crippen LogP contribution in [0.15, 0.2) is 94.3 Å². The number of amides is 1. The van der Waals surface area contributed by atoms with E-state index in [1.54, 1.807) is 43.3 Å². The second-order valence-corrected chi connectivity index (χ2v) is 10.4. The molecule has 5 rings (SSSR count). The molecule has 12 heteroatoms. The van der Waals surface area contributed by atoms with E-state index in [1.165, 1.54) is 23.0 Å². The van der Waals surface area contributed by atoms with Crippen molar-refractivity contribution >= 4 is 16.8 Å². The third kappa shape index (κ3) is 6.50. The van der Waals surface area contributed by atoms with E-state index in [2.05, 4.69) is 0 Å². The summed E-state index contributed by atoms with van der Waals surface area (Å²) in [6, 6.07) is 16.4. The van der Waals surface area contributed by atoms with Gasteiger partial charge in [0.25, 0.3) is 11.5 Å². The Labute approximate surface area is 253 Å². The zero-order valence-electron chi connectivity index (χ0n) is 24.1. The Bertz CT molecular complexity index is 1850. The van der Waals surface area contributed by atoms with Gasteiger partial charge in [-0.05, 0) is 73.0 Å². The lowest BCUT2D eigenvalue weighted by Crippen LogP contribution is -2.38. The molecule has 0 saturated heterocycles. The van der Waals surface area contributed by atoms with Gasteiger partial charge in [0.15, 0.2) is 0 Å². The van der Waals surface area contributed by atoms with E-state index in [9.17, 15) is 35.9 Å². The lowest BCUT2D eigenvalue weighted by atomic mass is 10.0. The Hall–Kier alpha value is -4.87. The van der Waals surface area contributed by atoms with E-state index < -0.39 is 46.6 Å². The Balaban J connectivity index is 1.75. The molecule has 5 aromatic rings. The number of aromatic nitrogens is 2. The van der Waals surface area contributed by atoms with Crippen molar-refractivity contribution in [3.05, 3.63) is 129 Å². The number of hydrogen-bond acceptors (Lipinski definition) is 4. The first kappa shape index (κ1) is 31.6. The molecule has 0 spiro atoms. The number of furan rings is 1. The van der Waals surface area contributed by atoms with Crippen molar-refractivity contribution in [2.24, 2.45) is 0 Å². The summed E-state index contributed by atoms with van der Waals surface area (Å²) in [5.74, 6) is -0.842. The van der Waals surface area contributed by atoms with Crippen molar-refractivity contribution in [3.63, 3.8) is 0 Å². The maximum absolute atomic E-state index is 14.1. The summed E-state index contributed by atoms with van der Waals surface area (Å²) in [4.78, 5) is 33.9. The van der Waals surface area contributed by atoms with Gasteiger partial charge in [0.2, 0.25) is 0 Å². The van der Waals surface area contributed by atoms with E-state index in [1.807, 2.05) is 19.1 Å². The lowest BCUT2D eigenvalue weighted by Gasteiger charge is -2.32. The number of hydrogen-bond donors (Lipinski definition) is 0. The molecule has 1 amide bonds. The second-order valence-electron chi connectivity index (χ2n) is 10.4. The Morgan fingerprint density at radius 3 is 2.09 bits per heavy atom. The molecule has 1 unspecified atom stereocenters. The molecule has 234 valence electrons. The number of carbonyl (C=O) groups excluding carboxylic acids is 1.